The van der Waals surface area contributed by atoms with Gasteiger partial charge in [0.05, 0.1) is 18.6 Å². The van der Waals surface area contributed by atoms with Gasteiger partial charge in [0.15, 0.2) is 0 Å². The van der Waals surface area contributed by atoms with Crippen LogP contribution < -0.4 is 9.47 Å². The Morgan fingerprint density at radius 2 is 1.82 bits per heavy atom. The minimum absolute atomic E-state index is 0.00503. The summed E-state index contributed by atoms with van der Waals surface area (Å²) in [6, 6.07) is 17.2. The summed E-state index contributed by atoms with van der Waals surface area (Å²) in [5.74, 6) is 0.0696. The molecule has 1 N–H and O–H groups in total. The second-order valence-corrected chi connectivity index (χ2v) is 8.77. The monoisotopic (exact) mass is 468 g/mol. The van der Waals surface area contributed by atoms with Crippen LogP contribution in [-0.4, -0.2) is 17.7 Å². The number of hydrogen-bond acceptors (Lipinski definition) is 3. The van der Waals surface area contributed by atoms with Gasteiger partial charge in [-0.3, -0.25) is 4.79 Å². The highest BCUT2D eigenvalue weighted by Crippen LogP contribution is 2.44. The number of carbonyl (C=O) groups is 1. The van der Waals surface area contributed by atoms with Gasteiger partial charge < -0.3 is 14.6 Å². The molecule has 0 radical (unpaired) electrons. The third-order valence-corrected chi connectivity index (χ3v) is 6.56. The lowest BCUT2D eigenvalue weighted by atomic mass is 9.92. The lowest BCUT2D eigenvalue weighted by Gasteiger charge is -2.19. The topological polar surface area (TPSA) is 55.8 Å². The lowest BCUT2D eigenvalue weighted by molar-refractivity contribution is -0.138. The molecule has 0 saturated carbocycles. The lowest BCUT2D eigenvalue weighted by Crippen LogP contribution is -2.13. The molecule has 0 amide bonds. The maximum Gasteiger partial charge on any atom is 0.416 e. The molecule has 7 heteroatoms. The molecule has 1 aliphatic heterocycles. The minimum Gasteiger partial charge on any atom is -0.492 e. The van der Waals surface area contributed by atoms with Crippen molar-refractivity contribution < 1.29 is 32.5 Å². The summed E-state index contributed by atoms with van der Waals surface area (Å²) >= 11 is 0. The minimum atomic E-state index is -4.43. The van der Waals surface area contributed by atoms with Crippen molar-refractivity contribution in [3.8, 4) is 11.5 Å². The van der Waals surface area contributed by atoms with Crippen molar-refractivity contribution in [2.45, 2.75) is 43.9 Å². The highest BCUT2D eigenvalue weighted by atomic mass is 19.4. The van der Waals surface area contributed by atoms with E-state index in [1.165, 1.54) is 12.1 Å². The van der Waals surface area contributed by atoms with E-state index < -0.39 is 17.7 Å². The van der Waals surface area contributed by atoms with Crippen LogP contribution in [0.25, 0.3) is 0 Å². The Balaban J connectivity index is 1.42. The Labute approximate surface area is 194 Å². The van der Waals surface area contributed by atoms with E-state index in [1.54, 1.807) is 12.1 Å². The standard InChI is InChI=1S/C27H23F3O4/c28-27(29,30)23-10-8-21-20(22(23)12-16-4-2-1-3-5-16)9-11-24(21)34-18-6-7-19-17(13-26(31)32)15-33-25(19)14-18/h1-8,10,14,17,24H,9,11-13,15H2,(H,31,32)/t17-,24-/m1/s1. The van der Waals surface area contributed by atoms with Crippen LogP contribution in [0.15, 0.2) is 60.7 Å². The summed E-state index contributed by atoms with van der Waals surface area (Å²) in [6.07, 6.45) is -3.49. The van der Waals surface area contributed by atoms with Gasteiger partial charge in [0.2, 0.25) is 0 Å². The van der Waals surface area contributed by atoms with E-state index in [2.05, 4.69) is 0 Å². The summed E-state index contributed by atoms with van der Waals surface area (Å²) in [5.41, 5.74) is 2.88. The SMILES string of the molecule is O=C(O)C[C@@H]1COc2cc(O[C@@H]3CCc4c3ccc(C(F)(F)F)c4Cc3ccccc3)ccc21. The van der Waals surface area contributed by atoms with Gasteiger partial charge in [-0.15, -0.1) is 0 Å². The second-order valence-electron chi connectivity index (χ2n) is 8.77. The summed E-state index contributed by atoms with van der Waals surface area (Å²) < 4.78 is 53.3. The van der Waals surface area contributed by atoms with Crippen LogP contribution in [0.2, 0.25) is 0 Å². The van der Waals surface area contributed by atoms with E-state index in [1.807, 2.05) is 36.4 Å². The largest absolute Gasteiger partial charge is 0.492 e. The Bertz CT molecular complexity index is 1220. The van der Waals surface area contributed by atoms with Crippen LogP contribution in [0.4, 0.5) is 13.2 Å². The molecule has 2 atom stereocenters. The molecule has 0 bridgehead atoms. The van der Waals surface area contributed by atoms with E-state index in [9.17, 15) is 18.0 Å². The number of aliphatic carboxylic acids is 1. The van der Waals surface area contributed by atoms with Gasteiger partial charge in [0.1, 0.15) is 17.6 Å². The molecule has 3 aromatic carbocycles. The average molecular weight is 468 g/mol. The number of ether oxygens (including phenoxy) is 2. The highest BCUT2D eigenvalue weighted by molar-refractivity contribution is 5.68. The maximum atomic E-state index is 13.8. The molecule has 176 valence electrons. The molecule has 34 heavy (non-hydrogen) atoms. The fourth-order valence-corrected chi connectivity index (χ4v) is 5.00. The fourth-order valence-electron chi connectivity index (χ4n) is 5.00. The average Bonchev–Trinajstić information content (AvgIpc) is 3.38. The van der Waals surface area contributed by atoms with Crippen molar-refractivity contribution in [2.75, 3.05) is 6.61 Å². The first-order valence-corrected chi connectivity index (χ1v) is 11.2. The van der Waals surface area contributed by atoms with Gasteiger partial charge in [-0.25, -0.2) is 0 Å². The molecular weight excluding hydrogens is 445 g/mol. The molecular formula is C27H23F3O4. The van der Waals surface area contributed by atoms with Gasteiger partial charge in [-0.05, 0) is 53.6 Å². The van der Waals surface area contributed by atoms with Crippen LogP contribution in [-0.2, 0) is 23.8 Å². The number of carboxylic acids is 1. The molecule has 1 heterocycles. The molecule has 0 spiro atoms. The van der Waals surface area contributed by atoms with Crippen molar-refractivity contribution in [3.05, 3.63) is 94.0 Å². The fraction of sp³-hybridized carbons (Fsp3) is 0.296. The van der Waals surface area contributed by atoms with Crippen LogP contribution in [0.3, 0.4) is 0 Å². The van der Waals surface area contributed by atoms with E-state index in [0.717, 1.165) is 16.7 Å². The number of benzene rings is 3. The zero-order chi connectivity index (χ0) is 23.9. The molecule has 5 rings (SSSR count). The second kappa shape index (κ2) is 8.70. The molecule has 0 fully saturated rings. The van der Waals surface area contributed by atoms with Gasteiger partial charge >= 0.3 is 12.1 Å². The maximum absolute atomic E-state index is 13.8. The van der Waals surface area contributed by atoms with Crippen molar-refractivity contribution in [2.24, 2.45) is 0 Å². The number of fused-ring (bicyclic) bond motifs is 2. The number of halogens is 3. The van der Waals surface area contributed by atoms with Gasteiger partial charge in [0, 0.05) is 17.5 Å². The van der Waals surface area contributed by atoms with Crippen molar-refractivity contribution >= 4 is 5.97 Å². The summed E-state index contributed by atoms with van der Waals surface area (Å²) in [7, 11) is 0. The van der Waals surface area contributed by atoms with Crippen LogP contribution >= 0.6 is 0 Å². The first kappa shape index (κ1) is 22.3. The number of rotatable bonds is 6. The van der Waals surface area contributed by atoms with Crippen molar-refractivity contribution in [3.63, 3.8) is 0 Å². The van der Waals surface area contributed by atoms with Crippen LogP contribution in [0.1, 0.15) is 58.2 Å². The summed E-state index contributed by atoms with van der Waals surface area (Å²) in [4.78, 5) is 11.1. The molecule has 0 unspecified atom stereocenters. The number of hydrogen-bond donors (Lipinski definition) is 1. The molecule has 3 aromatic rings. The van der Waals surface area contributed by atoms with E-state index in [4.69, 9.17) is 14.6 Å². The first-order chi connectivity index (χ1) is 16.3. The van der Waals surface area contributed by atoms with Gasteiger partial charge in [-0.1, -0.05) is 42.5 Å². The molecule has 1 aliphatic carbocycles. The smallest absolute Gasteiger partial charge is 0.416 e. The zero-order valence-corrected chi connectivity index (χ0v) is 18.3. The Morgan fingerprint density at radius 1 is 1.06 bits per heavy atom. The Morgan fingerprint density at radius 3 is 2.56 bits per heavy atom. The van der Waals surface area contributed by atoms with Gasteiger partial charge in [-0.2, -0.15) is 13.2 Å². The highest BCUT2D eigenvalue weighted by Gasteiger charge is 2.37. The molecule has 0 saturated heterocycles. The van der Waals surface area contributed by atoms with Crippen LogP contribution in [0.5, 0.6) is 11.5 Å². The predicted molar refractivity (Wildman–Crippen MR) is 119 cm³/mol. The molecule has 4 nitrogen and oxygen atoms in total. The quantitative estimate of drug-likeness (QED) is 0.460. The third-order valence-electron chi connectivity index (χ3n) is 6.56. The van der Waals surface area contributed by atoms with Gasteiger partial charge in [0.25, 0.3) is 0 Å². The molecule has 2 aliphatic rings. The summed E-state index contributed by atoms with van der Waals surface area (Å²) in [6.45, 7) is 0.306. The van der Waals surface area contributed by atoms with E-state index in [-0.39, 0.29) is 24.9 Å². The third kappa shape index (κ3) is 4.34. The Kier molecular flexibility index (Phi) is 5.71. The number of alkyl halides is 3. The normalized spacial score (nSPS) is 18.8. The van der Waals surface area contributed by atoms with Crippen molar-refractivity contribution in [1.29, 1.82) is 0 Å². The first-order valence-electron chi connectivity index (χ1n) is 11.2. The van der Waals surface area contributed by atoms with Crippen LogP contribution in [0, 0.1) is 0 Å². The molecule has 0 aromatic heterocycles. The Hall–Kier alpha value is -3.48. The van der Waals surface area contributed by atoms with E-state index in [0.29, 0.717) is 42.1 Å². The summed E-state index contributed by atoms with van der Waals surface area (Å²) in [5, 5.41) is 9.07. The van der Waals surface area contributed by atoms with E-state index >= 15 is 0 Å². The number of carboxylic acid groups (broad SMARTS) is 1. The predicted octanol–water partition coefficient (Wildman–Crippen LogP) is 6.31. The zero-order valence-electron chi connectivity index (χ0n) is 18.3. The van der Waals surface area contributed by atoms with Crippen molar-refractivity contribution in [1.82, 2.24) is 0 Å².